The largest absolute Gasteiger partial charge is 0.474 e. The maximum atomic E-state index is 13.0. The van der Waals surface area contributed by atoms with Gasteiger partial charge in [-0.25, -0.2) is 4.98 Å². The summed E-state index contributed by atoms with van der Waals surface area (Å²) in [4.78, 5) is 21.1. The van der Waals surface area contributed by atoms with Gasteiger partial charge in [0.15, 0.2) is 0 Å². The number of amides is 1. The minimum absolute atomic E-state index is 0.0905. The first-order chi connectivity index (χ1) is 12.5. The van der Waals surface area contributed by atoms with Crippen LogP contribution in [0, 0.1) is 17.8 Å². The molecule has 0 spiro atoms. The molecule has 3 unspecified atom stereocenters. The summed E-state index contributed by atoms with van der Waals surface area (Å²) in [6, 6.07) is 0.117. The third-order valence-corrected chi connectivity index (χ3v) is 7.02. The molecule has 6 nitrogen and oxygen atoms in total. The molecule has 5 fully saturated rings. The Kier molecular flexibility index (Phi) is 3.90. The smallest absolute Gasteiger partial charge is 0.258 e. The van der Waals surface area contributed by atoms with Gasteiger partial charge in [-0.15, -0.1) is 0 Å². The number of aliphatic hydroxyl groups is 1. The third kappa shape index (κ3) is 2.87. The minimum atomic E-state index is -0.500. The Morgan fingerprint density at radius 1 is 1.27 bits per heavy atom. The van der Waals surface area contributed by atoms with Crippen LogP contribution in [0.4, 0.5) is 0 Å². The predicted octanol–water partition coefficient (Wildman–Crippen LogP) is 2.73. The Labute approximate surface area is 157 Å². The number of hydrogen-bond donors (Lipinski definition) is 2. The van der Waals surface area contributed by atoms with E-state index in [0.717, 1.165) is 51.4 Å². The Morgan fingerprint density at radius 2 is 2.00 bits per heavy atom. The molecule has 7 heteroatoms. The summed E-state index contributed by atoms with van der Waals surface area (Å²) >= 11 is 5.91. The van der Waals surface area contributed by atoms with E-state index in [4.69, 9.17) is 16.3 Å². The van der Waals surface area contributed by atoms with Crippen LogP contribution in [0.5, 0.6) is 5.88 Å². The van der Waals surface area contributed by atoms with Gasteiger partial charge in [0.25, 0.3) is 5.91 Å². The fraction of sp³-hybridized carbons (Fsp3) is 0.737. The number of ether oxygens (including phenoxy) is 1. The molecule has 0 saturated heterocycles. The molecule has 0 aromatic carbocycles. The highest BCUT2D eigenvalue weighted by Gasteiger charge is 2.55. The molecule has 1 aromatic rings. The van der Waals surface area contributed by atoms with Gasteiger partial charge in [0.2, 0.25) is 11.2 Å². The van der Waals surface area contributed by atoms with Crippen LogP contribution >= 0.6 is 11.6 Å². The minimum Gasteiger partial charge on any atom is -0.474 e. The van der Waals surface area contributed by atoms with Gasteiger partial charge in [0.1, 0.15) is 11.7 Å². The maximum absolute atomic E-state index is 13.0. The molecule has 4 bridgehead atoms. The highest BCUT2D eigenvalue weighted by molar-refractivity contribution is 6.28. The molecule has 26 heavy (non-hydrogen) atoms. The van der Waals surface area contributed by atoms with Gasteiger partial charge < -0.3 is 15.2 Å². The second-order valence-corrected chi connectivity index (χ2v) is 9.06. The lowest BCUT2D eigenvalue weighted by Gasteiger charge is -2.58. The van der Waals surface area contributed by atoms with Gasteiger partial charge in [0, 0.05) is 12.2 Å². The molecule has 5 atom stereocenters. The average Bonchev–Trinajstić information content (AvgIpc) is 2.53. The van der Waals surface area contributed by atoms with Crippen molar-refractivity contribution >= 4 is 17.5 Å². The van der Waals surface area contributed by atoms with Gasteiger partial charge >= 0.3 is 0 Å². The van der Waals surface area contributed by atoms with Crippen molar-refractivity contribution in [1.29, 1.82) is 0 Å². The molecule has 0 radical (unpaired) electrons. The van der Waals surface area contributed by atoms with E-state index < -0.39 is 5.60 Å². The molecule has 5 saturated carbocycles. The summed E-state index contributed by atoms with van der Waals surface area (Å²) in [5.74, 6) is 1.43. The van der Waals surface area contributed by atoms with Crippen LogP contribution in [0.15, 0.2) is 6.20 Å². The molecule has 140 valence electrons. The van der Waals surface area contributed by atoms with E-state index in [0.29, 0.717) is 23.3 Å². The lowest BCUT2D eigenvalue weighted by atomic mass is 9.52. The van der Waals surface area contributed by atoms with Crippen LogP contribution in [0.2, 0.25) is 5.28 Å². The van der Waals surface area contributed by atoms with E-state index in [2.05, 4.69) is 15.3 Å². The van der Waals surface area contributed by atoms with Crippen molar-refractivity contribution in [3.05, 3.63) is 17.0 Å². The highest BCUT2D eigenvalue weighted by Crippen LogP contribution is 2.55. The first-order valence-corrected chi connectivity index (χ1v) is 10.1. The van der Waals surface area contributed by atoms with E-state index in [1.807, 2.05) is 0 Å². The molecule has 0 aliphatic heterocycles. The zero-order valence-electron chi connectivity index (χ0n) is 14.7. The van der Waals surface area contributed by atoms with E-state index in [1.54, 1.807) is 0 Å². The molecule has 1 amide bonds. The first kappa shape index (κ1) is 16.8. The number of nitrogens with one attached hydrogen (secondary N) is 1. The quantitative estimate of drug-likeness (QED) is 0.788. The SMILES string of the molecule is O=C(NC1[C@@H]2CC3C[C@H]1CC(O)(C3)C2)c1cnc(Cl)nc1OC1CCC1. The molecule has 1 aromatic heterocycles. The van der Waals surface area contributed by atoms with Gasteiger partial charge in [-0.05, 0) is 80.7 Å². The lowest BCUT2D eigenvalue weighted by Crippen LogP contribution is -2.61. The fourth-order valence-corrected chi connectivity index (χ4v) is 5.81. The van der Waals surface area contributed by atoms with Gasteiger partial charge in [0.05, 0.1) is 5.60 Å². The second kappa shape index (κ2) is 6.06. The molecular weight excluding hydrogens is 354 g/mol. The standard InChI is InChI=1S/C19H24ClN3O3/c20-18-21-9-14(17(23-18)26-13-2-1-3-13)16(24)22-15-11-4-10-5-12(15)8-19(25,6-10)7-11/h9-13,15,25H,1-8H2,(H,22,24)/t10?,11-,12+,15?,19?. The summed E-state index contributed by atoms with van der Waals surface area (Å²) in [6.45, 7) is 0. The predicted molar refractivity (Wildman–Crippen MR) is 95.1 cm³/mol. The van der Waals surface area contributed by atoms with Crippen molar-refractivity contribution in [1.82, 2.24) is 15.3 Å². The van der Waals surface area contributed by atoms with Gasteiger partial charge in [-0.1, -0.05) is 0 Å². The van der Waals surface area contributed by atoms with Crippen LogP contribution < -0.4 is 10.1 Å². The number of hydrogen-bond acceptors (Lipinski definition) is 5. The van der Waals surface area contributed by atoms with Crippen molar-refractivity contribution in [3.63, 3.8) is 0 Å². The number of aromatic nitrogens is 2. The Balaban J connectivity index is 1.34. The second-order valence-electron chi connectivity index (χ2n) is 8.72. The summed E-state index contributed by atoms with van der Waals surface area (Å²) in [5, 5.41) is 14.0. The molecule has 6 rings (SSSR count). The molecular formula is C19H24ClN3O3. The molecule has 2 N–H and O–H groups in total. The van der Waals surface area contributed by atoms with E-state index in [9.17, 15) is 9.90 Å². The highest BCUT2D eigenvalue weighted by atomic mass is 35.5. The summed E-state index contributed by atoms with van der Waals surface area (Å²) < 4.78 is 5.87. The first-order valence-electron chi connectivity index (χ1n) is 9.71. The van der Waals surface area contributed by atoms with Crippen molar-refractivity contribution < 1.29 is 14.6 Å². The third-order valence-electron chi connectivity index (χ3n) is 6.84. The molecule has 5 aliphatic carbocycles. The molecule has 1 heterocycles. The van der Waals surface area contributed by atoms with Crippen LogP contribution in [0.1, 0.15) is 61.7 Å². The zero-order valence-corrected chi connectivity index (χ0v) is 15.4. The van der Waals surface area contributed by atoms with E-state index in [1.165, 1.54) is 6.20 Å². The number of nitrogens with zero attached hydrogens (tertiary/aromatic N) is 2. The monoisotopic (exact) mass is 377 g/mol. The van der Waals surface area contributed by atoms with Crippen molar-refractivity contribution in [2.75, 3.05) is 0 Å². The van der Waals surface area contributed by atoms with Crippen molar-refractivity contribution in [3.8, 4) is 5.88 Å². The van der Waals surface area contributed by atoms with Gasteiger partial charge in [-0.3, -0.25) is 4.79 Å². The van der Waals surface area contributed by atoms with Crippen LogP contribution in [0.25, 0.3) is 0 Å². The fourth-order valence-electron chi connectivity index (χ4n) is 5.68. The summed E-state index contributed by atoms with van der Waals surface area (Å²) in [6.07, 6.45) is 9.42. The molecule has 5 aliphatic rings. The topological polar surface area (TPSA) is 84.3 Å². The number of carbonyl (C=O) groups is 1. The normalized spacial score (nSPS) is 38.1. The van der Waals surface area contributed by atoms with E-state index in [-0.39, 0.29) is 29.2 Å². The number of rotatable bonds is 4. The van der Waals surface area contributed by atoms with Crippen LogP contribution in [0.3, 0.4) is 0 Å². The zero-order chi connectivity index (χ0) is 17.9. The van der Waals surface area contributed by atoms with Crippen molar-refractivity contribution in [2.45, 2.75) is 69.1 Å². The maximum Gasteiger partial charge on any atom is 0.258 e. The number of halogens is 1. The van der Waals surface area contributed by atoms with Crippen molar-refractivity contribution in [2.24, 2.45) is 17.8 Å². The Bertz CT molecular complexity index is 723. The summed E-state index contributed by atoms with van der Waals surface area (Å²) in [5.41, 5.74) is -0.145. The Morgan fingerprint density at radius 3 is 2.62 bits per heavy atom. The van der Waals surface area contributed by atoms with Crippen LogP contribution in [-0.4, -0.2) is 38.7 Å². The number of carbonyl (C=O) groups excluding carboxylic acids is 1. The average molecular weight is 378 g/mol. The summed E-state index contributed by atoms with van der Waals surface area (Å²) in [7, 11) is 0. The lowest BCUT2D eigenvalue weighted by molar-refractivity contribution is -0.136. The van der Waals surface area contributed by atoms with Gasteiger partial charge in [-0.2, -0.15) is 4.98 Å². The Hall–Kier alpha value is -1.40. The van der Waals surface area contributed by atoms with Crippen LogP contribution in [-0.2, 0) is 0 Å². The van der Waals surface area contributed by atoms with E-state index >= 15 is 0 Å².